The van der Waals surface area contributed by atoms with E-state index in [1.54, 1.807) is 0 Å². The maximum atomic E-state index is 12.0. The van der Waals surface area contributed by atoms with Crippen LogP contribution >= 0.6 is 11.3 Å². The predicted octanol–water partition coefficient (Wildman–Crippen LogP) is 4.17. The Labute approximate surface area is 167 Å². The van der Waals surface area contributed by atoms with Crippen molar-refractivity contribution in [3.05, 3.63) is 64.5 Å². The number of nitrogens with zero attached hydrogens (tertiary/aromatic N) is 1. The summed E-state index contributed by atoms with van der Waals surface area (Å²) in [6, 6.07) is 17.3. The van der Waals surface area contributed by atoms with Crippen LogP contribution < -0.4 is 15.8 Å². The lowest BCUT2D eigenvalue weighted by Gasteiger charge is -2.53. The fourth-order valence-corrected chi connectivity index (χ4v) is 5.15. The van der Waals surface area contributed by atoms with Crippen LogP contribution in [0.15, 0.2) is 54.6 Å². The van der Waals surface area contributed by atoms with Gasteiger partial charge in [-0.15, -0.1) is 11.3 Å². The monoisotopic (exact) mass is 391 g/mol. The van der Waals surface area contributed by atoms with Crippen LogP contribution in [0.1, 0.15) is 33.4 Å². The summed E-state index contributed by atoms with van der Waals surface area (Å²) >= 11 is 1.45. The average Bonchev–Trinajstić information content (AvgIpc) is 3.06. The molecule has 2 aliphatic rings. The van der Waals surface area contributed by atoms with Gasteiger partial charge in [0.25, 0.3) is 5.91 Å². The third-order valence-electron chi connectivity index (χ3n) is 5.68. The molecule has 0 unspecified atom stereocenters. The number of primary amides is 1. The van der Waals surface area contributed by atoms with E-state index in [9.17, 15) is 4.79 Å². The first kappa shape index (κ1) is 17.4. The summed E-state index contributed by atoms with van der Waals surface area (Å²) in [4.78, 5) is 17.4. The predicted molar refractivity (Wildman–Crippen MR) is 110 cm³/mol. The molecule has 2 aromatic carbocycles. The second kappa shape index (κ2) is 6.72. The lowest BCUT2D eigenvalue weighted by atomic mass is 9.59. The third kappa shape index (κ3) is 3.08. The summed E-state index contributed by atoms with van der Waals surface area (Å²) in [6.45, 7) is 2.21. The zero-order valence-corrected chi connectivity index (χ0v) is 16.2. The summed E-state index contributed by atoms with van der Waals surface area (Å²) in [5.74, 6) is 1.56. The molecule has 3 N–H and O–H groups in total. The number of hydrogen-bond acceptors (Lipinski definition) is 5. The van der Waals surface area contributed by atoms with E-state index < -0.39 is 5.91 Å². The number of para-hydroxylation sites is 1. The first-order valence-corrected chi connectivity index (χ1v) is 10.3. The Morgan fingerprint density at radius 2 is 1.75 bits per heavy atom. The van der Waals surface area contributed by atoms with E-state index in [0.717, 1.165) is 48.0 Å². The molecule has 0 radical (unpaired) electrons. The standard InChI is InChI=1S/C22H21N3O2S/c23-20(26)19-18(25-21(28-19)15-10-22(11-15)12-24-13-22)14-6-8-17(9-7-14)27-16-4-2-1-3-5-16/h1-9,15,24H,10-13H2,(H2,23,26). The normalized spacial score (nSPS) is 17.7. The molecular formula is C22H21N3O2S. The second-order valence-corrected chi connectivity index (χ2v) is 8.77. The quantitative estimate of drug-likeness (QED) is 0.684. The highest BCUT2D eigenvalue weighted by Crippen LogP contribution is 2.54. The van der Waals surface area contributed by atoms with Crippen molar-refractivity contribution in [1.82, 2.24) is 10.3 Å². The van der Waals surface area contributed by atoms with E-state index in [4.69, 9.17) is 15.5 Å². The number of rotatable bonds is 5. The highest BCUT2D eigenvalue weighted by atomic mass is 32.1. The number of carbonyl (C=O) groups excluding carboxylic acids is 1. The molecule has 1 amide bonds. The molecule has 142 valence electrons. The summed E-state index contributed by atoms with van der Waals surface area (Å²) < 4.78 is 5.84. The molecule has 28 heavy (non-hydrogen) atoms. The molecule has 2 fully saturated rings. The zero-order valence-electron chi connectivity index (χ0n) is 15.4. The summed E-state index contributed by atoms with van der Waals surface area (Å²) in [6.07, 6.45) is 2.30. The Bertz CT molecular complexity index is 1000. The van der Waals surface area contributed by atoms with E-state index in [0.29, 0.717) is 21.9 Å². The van der Waals surface area contributed by atoms with Gasteiger partial charge in [-0.2, -0.15) is 0 Å². The molecule has 1 saturated carbocycles. The lowest BCUT2D eigenvalue weighted by Crippen LogP contribution is -2.59. The number of thiazole rings is 1. The molecule has 2 heterocycles. The second-order valence-electron chi connectivity index (χ2n) is 7.74. The molecule has 0 atom stereocenters. The molecule has 0 bridgehead atoms. The van der Waals surface area contributed by atoms with Crippen LogP contribution in [0.3, 0.4) is 0 Å². The fourth-order valence-electron chi connectivity index (χ4n) is 4.11. The van der Waals surface area contributed by atoms with Gasteiger partial charge >= 0.3 is 0 Å². The van der Waals surface area contributed by atoms with Crippen LogP contribution in [-0.2, 0) is 0 Å². The van der Waals surface area contributed by atoms with Crippen molar-refractivity contribution in [1.29, 1.82) is 0 Å². The summed E-state index contributed by atoms with van der Waals surface area (Å²) in [5.41, 5.74) is 7.69. The molecule has 5 nitrogen and oxygen atoms in total. The molecule has 6 heteroatoms. The number of nitrogens with one attached hydrogen (secondary N) is 1. The topological polar surface area (TPSA) is 77.2 Å². The Morgan fingerprint density at radius 3 is 2.36 bits per heavy atom. The van der Waals surface area contributed by atoms with Gasteiger partial charge in [0, 0.05) is 24.6 Å². The minimum Gasteiger partial charge on any atom is -0.457 e. The van der Waals surface area contributed by atoms with Gasteiger partial charge in [-0.05, 0) is 54.7 Å². The maximum absolute atomic E-state index is 12.0. The fraction of sp³-hybridized carbons (Fsp3) is 0.273. The van der Waals surface area contributed by atoms with E-state index in [1.165, 1.54) is 11.3 Å². The first-order valence-electron chi connectivity index (χ1n) is 9.47. The number of amides is 1. The van der Waals surface area contributed by atoms with Gasteiger partial charge in [0.2, 0.25) is 0 Å². The number of nitrogens with two attached hydrogens (primary N) is 1. The van der Waals surface area contributed by atoms with Crippen molar-refractivity contribution in [2.24, 2.45) is 11.1 Å². The van der Waals surface area contributed by atoms with E-state index >= 15 is 0 Å². The Kier molecular flexibility index (Phi) is 4.18. The number of carbonyl (C=O) groups is 1. The SMILES string of the molecule is NC(=O)c1sc(C2CC3(CNC3)C2)nc1-c1ccc(Oc2ccccc2)cc1. The van der Waals surface area contributed by atoms with Crippen LogP contribution in [0.4, 0.5) is 0 Å². The molecule has 1 aliphatic carbocycles. The maximum Gasteiger partial charge on any atom is 0.261 e. The summed E-state index contributed by atoms with van der Waals surface area (Å²) in [7, 11) is 0. The molecule has 1 spiro atoms. The third-order valence-corrected chi connectivity index (χ3v) is 6.91. The molecular weight excluding hydrogens is 370 g/mol. The zero-order chi connectivity index (χ0) is 19.1. The largest absolute Gasteiger partial charge is 0.457 e. The van der Waals surface area contributed by atoms with Crippen LogP contribution in [0, 0.1) is 5.41 Å². The smallest absolute Gasteiger partial charge is 0.261 e. The van der Waals surface area contributed by atoms with Crippen molar-refractivity contribution < 1.29 is 9.53 Å². The highest BCUT2D eigenvalue weighted by molar-refractivity contribution is 7.14. The summed E-state index contributed by atoms with van der Waals surface area (Å²) in [5, 5.41) is 4.39. The minimum atomic E-state index is -0.414. The van der Waals surface area contributed by atoms with Crippen molar-refractivity contribution in [3.8, 4) is 22.8 Å². The minimum absolute atomic E-state index is 0.414. The number of aromatic nitrogens is 1. The van der Waals surface area contributed by atoms with Gasteiger partial charge in [0.1, 0.15) is 16.4 Å². The van der Waals surface area contributed by atoms with Crippen LogP contribution in [0.2, 0.25) is 0 Å². The number of ether oxygens (including phenoxy) is 1. The Morgan fingerprint density at radius 1 is 1.07 bits per heavy atom. The van der Waals surface area contributed by atoms with Gasteiger partial charge in [-0.1, -0.05) is 18.2 Å². The molecule has 3 aromatic rings. The van der Waals surface area contributed by atoms with Crippen molar-refractivity contribution >= 4 is 17.2 Å². The van der Waals surface area contributed by atoms with Gasteiger partial charge in [-0.25, -0.2) is 4.98 Å². The van der Waals surface area contributed by atoms with Gasteiger partial charge < -0.3 is 15.8 Å². The number of hydrogen-bond donors (Lipinski definition) is 2. The van der Waals surface area contributed by atoms with E-state index in [-0.39, 0.29) is 0 Å². The van der Waals surface area contributed by atoms with Crippen molar-refractivity contribution in [2.45, 2.75) is 18.8 Å². The van der Waals surface area contributed by atoms with Gasteiger partial charge in [-0.3, -0.25) is 4.79 Å². The average molecular weight is 391 g/mol. The first-order chi connectivity index (χ1) is 13.6. The number of benzene rings is 2. The van der Waals surface area contributed by atoms with E-state index in [2.05, 4.69) is 5.32 Å². The molecule has 1 aromatic heterocycles. The van der Waals surface area contributed by atoms with Crippen LogP contribution in [0.5, 0.6) is 11.5 Å². The molecule has 5 rings (SSSR count). The van der Waals surface area contributed by atoms with Crippen molar-refractivity contribution in [2.75, 3.05) is 13.1 Å². The van der Waals surface area contributed by atoms with Crippen LogP contribution in [-0.4, -0.2) is 24.0 Å². The Balaban J connectivity index is 1.38. The lowest BCUT2D eigenvalue weighted by molar-refractivity contribution is 0.0362. The molecule has 1 aliphatic heterocycles. The Hall–Kier alpha value is -2.70. The highest BCUT2D eigenvalue weighted by Gasteiger charge is 2.49. The van der Waals surface area contributed by atoms with Crippen LogP contribution in [0.25, 0.3) is 11.3 Å². The van der Waals surface area contributed by atoms with Gasteiger partial charge in [0.15, 0.2) is 0 Å². The van der Waals surface area contributed by atoms with Gasteiger partial charge in [0.05, 0.1) is 10.7 Å². The molecule has 1 saturated heterocycles. The van der Waals surface area contributed by atoms with E-state index in [1.807, 2.05) is 54.6 Å². The van der Waals surface area contributed by atoms with Crippen molar-refractivity contribution in [3.63, 3.8) is 0 Å².